The predicted molar refractivity (Wildman–Crippen MR) is 63.7 cm³/mol. The van der Waals surface area contributed by atoms with Gasteiger partial charge in [-0.25, -0.2) is 0 Å². The van der Waals surface area contributed by atoms with Crippen LogP contribution >= 0.6 is 0 Å². The van der Waals surface area contributed by atoms with Crippen LogP contribution in [0.1, 0.15) is 38.8 Å². The molecule has 1 rings (SSSR count). The molecular weight excluding hydrogens is 186 g/mol. The molecule has 0 fully saturated rings. The van der Waals surface area contributed by atoms with Gasteiger partial charge in [0.15, 0.2) is 0 Å². The van der Waals surface area contributed by atoms with E-state index in [0.717, 1.165) is 13.0 Å². The molecular formula is C12H21N3. The molecule has 3 heteroatoms. The van der Waals surface area contributed by atoms with Gasteiger partial charge in [0.1, 0.15) is 0 Å². The predicted octanol–water partition coefficient (Wildman–Crippen LogP) is 2.52. The fourth-order valence-electron chi connectivity index (χ4n) is 1.38. The fraction of sp³-hybridized carbons (Fsp3) is 0.583. The average Bonchev–Trinajstić information content (AvgIpc) is 2.63. The van der Waals surface area contributed by atoms with Gasteiger partial charge in [-0.15, -0.1) is 6.58 Å². The summed E-state index contributed by atoms with van der Waals surface area (Å²) in [5, 5.41) is 7.72. The van der Waals surface area contributed by atoms with E-state index in [1.165, 1.54) is 5.56 Å². The van der Waals surface area contributed by atoms with Gasteiger partial charge < -0.3 is 5.32 Å². The molecule has 1 atom stereocenters. The molecule has 0 amide bonds. The van der Waals surface area contributed by atoms with Crippen molar-refractivity contribution in [2.24, 2.45) is 0 Å². The third-order valence-corrected chi connectivity index (χ3v) is 2.36. The van der Waals surface area contributed by atoms with Gasteiger partial charge in [-0.05, 0) is 27.2 Å². The van der Waals surface area contributed by atoms with Gasteiger partial charge in [0, 0.05) is 30.4 Å². The first-order valence-electron chi connectivity index (χ1n) is 5.50. The Balaban J connectivity index is 2.40. The van der Waals surface area contributed by atoms with Crippen molar-refractivity contribution >= 4 is 0 Å². The second kappa shape index (κ2) is 5.71. The Morgan fingerprint density at radius 2 is 2.27 bits per heavy atom. The Labute approximate surface area is 92.2 Å². The van der Waals surface area contributed by atoms with E-state index in [-0.39, 0.29) is 0 Å². The summed E-state index contributed by atoms with van der Waals surface area (Å²) in [4.78, 5) is 0. The first kappa shape index (κ1) is 12.0. The van der Waals surface area contributed by atoms with Crippen LogP contribution in [0.25, 0.3) is 0 Å². The summed E-state index contributed by atoms with van der Waals surface area (Å²) in [6.07, 6.45) is 6.96. The minimum absolute atomic E-state index is 0.435. The molecule has 0 aliphatic heterocycles. The molecule has 0 saturated carbocycles. The number of aromatic nitrogens is 2. The molecule has 0 aromatic carbocycles. The van der Waals surface area contributed by atoms with E-state index in [1.807, 2.05) is 17.0 Å². The Kier molecular flexibility index (Phi) is 4.56. The van der Waals surface area contributed by atoms with Crippen LogP contribution in [0.3, 0.4) is 0 Å². The van der Waals surface area contributed by atoms with E-state index in [9.17, 15) is 0 Å². The third-order valence-electron chi connectivity index (χ3n) is 2.36. The largest absolute Gasteiger partial charge is 0.310 e. The van der Waals surface area contributed by atoms with Crippen LogP contribution in [0.15, 0.2) is 25.0 Å². The van der Waals surface area contributed by atoms with Crippen molar-refractivity contribution in [1.82, 2.24) is 15.1 Å². The molecule has 0 radical (unpaired) electrons. The quantitative estimate of drug-likeness (QED) is 0.726. The molecule has 1 aromatic rings. The summed E-state index contributed by atoms with van der Waals surface area (Å²) in [6.45, 7) is 11.0. The summed E-state index contributed by atoms with van der Waals surface area (Å²) in [5.74, 6) is 0. The van der Waals surface area contributed by atoms with Crippen LogP contribution in [0.2, 0.25) is 0 Å². The van der Waals surface area contributed by atoms with Crippen LogP contribution in [0.5, 0.6) is 0 Å². The van der Waals surface area contributed by atoms with Crippen molar-refractivity contribution in [3.8, 4) is 0 Å². The van der Waals surface area contributed by atoms with Crippen LogP contribution in [0.4, 0.5) is 0 Å². The van der Waals surface area contributed by atoms with Crippen LogP contribution in [-0.4, -0.2) is 15.8 Å². The molecule has 1 N–H and O–H groups in total. The molecule has 1 unspecified atom stereocenters. The van der Waals surface area contributed by atoms with Crippen molar-refractivity contribution in [3.63, 3.8) is 0 Å². The standard InChI is InChI=1S/C12H21N3/c1-5-6-11(4)13-7-12-8-14-15(9-12)10(2)3/h5,8-11,13H,1,6-7H2,2-4H3. The number of hydrogen-bond donors (Lipinski definition) is 1. The Hall–Kier alpha value is -1.09. The van der Waals surface area contributed by atoms with Crippen molar-refractivity contribution in [2.45, 2.75) is 45.8 Å². The normalized spacial score (nSPS) is 13.1. The summed E-state index contributed by atoms with van der Waals surface area (Å²) in [5.41, 5.74) is 1.24. The first-order chi connectivity index (χ1) is 7.13. The second-order valence-corrected chi connectivity index (χ2v) is 4.23. The maximum Gasteiger partial charge on any atom is 0.0534 e. The lowest BCUT2D eigenvalue weighted by atomic mass is 10.2. The van der Waals surface area contributed by atoms with E-state index in [1.54, 1.807) is 0 Å². The van der Waals surface area contributed by atoms with Crippen LogP contribution < -0.4 is 5.32 Å². The lowest BCUT2D eigenvalue weighted by molar-refractivity contribution is 0.529. The Morgan fingerprint density at radius 3 is 2.80 bits per heavy atom. The minimum Gasteiger partial charge on any atom is -0.310 e. The number of hydrogen-bond acceptors (Lipinski definition) is 2. The topological polar surface area (TPSA) is 29.9 Å². The first-order valence-corrected chi connectivity index (χ1v) is 5.50. The zero-order valence-corrected chi connectivity index (χ0v) is 9.90. The molecule has 1 heterocycles. The Bertz CT molecular complexity index is 302. The van der Waals surface area contributed by atoms with E-state index in [4.69, 9.17) is 0 Å². The van der Waals surface area contributed by atoms with E-state index in [0.29, 0.717) is 12.1 Å². The van der Waals surface area contributed by atoms with E-state index in [2.05, 4.69) is 44.0 Å². The molecule has 84 valence electrons. The highest BCUT2D eigenvalue weighted by molar-refractivity contribution is 5.04. The third kappa shape index (κ3) is 3.88. The lowest BCUT2D eigenvalue weighted by Crippen LogP contribution is -2.24. The minimum atomic E-state index is 0.435. The van der Waals surface area contributed by atoms with Gasteiger partial charge in [-0.1, -0.05) is 6.08 Å². The monoisotopic (exact) mass is 207 g/mol. The van der Waals surface area contributed by atoms with Crippen molar-refractivity contribution in [1.29, 1.82) is 0 Å². The molecule has 0 aliphatic carbocycles. The molecule has 0 spiro atoms. The van der Waals surface area contributed by atoms with Crippen molar-refractivity contribution < 1.29 is 0 Å². The van der Waals surface area contributed by atoms with Gasteiger partial charge >= 0.3 is 0 Å². The van der Waals surface area contributed by atoms with Crippen LogP contribution in [-0.2, 0) is 6.54 Å². The molecule has 3 nitrogen and oxygen atoms in total. The second-order valence-electron chi connectivity index (χ2n) is 4.23. The maximum atomic E-state index is 4.30. The van der Waals surface area contributed by atoms with Crippen molar-refractivity contribution in [3.05, 3.63) is 30.6 Å². The zero-order chi connectivity index (χ0) is 11.3. The molecule has 15 heavy (non-hydrogen) atoms. The molecule has 0 aliphatic rings. The number of nitrogens with one attached hydrogen (secondary N) is 1. The lowest BCUT2D eigenvalue weighted by Gasteiger charge is -2.10. The summed E-state index contributed by atoms with van der Waals surface area (Å²) in [6, 6.07) is 0.911. The SMILES string of the molecule is C=CCC(C)NCc1cnn(C(C)C)c1. The van der Waals surface area contributed by atoms with Crippen molar-refractivity contribution in [2.75, 3.05) is 0 Å². The highest BCUT2D eigenvalue weighted by Crippen LogP contribution is 2.05. The van der Waals surface area contributed by atoms with Gasteiger partial charge in [0.2, 0.25) is 0 Å². The average molecular weight is 207 g/mol. The highest BCUT2D eigenvalue weighted by atomic mass is 15.3. The number of nitrogens with zero attached hydrogens (tertiary/aromatic N) is 2. The molecule has 1 aromatic heterocycles. The summed E-state index contributed by atoms with van der Waals surface area (Å²) in [7, 11) is 0. The highest BCUT2D eigenvalue weighted by Gasteiger charge is 2.03. The number of rotatable bonds is 6. The van der Waals surface area contributed by atoms with Gasteiger partial charge in [0.05, 0.1) is 6.20 Å². The van der Waals surface area contributed by atoms with Crippen LogP contribution in [0, 0.1) is 0 Å². The molecule has 0 saturated heterocycles. The Morgan fingerprint density at radius 1 is 1.53 bits per heavy atom. The van der Waals surface area contributed by atoms with E-state index < -0.39 is 0 Å². The molecule has 0 bridgehead atoms. The smallest absolute Gasteiger partial charge is 0.0534 e. The summed E-state index contributed by atoms with van der Waals surface area (Å²) >= 11 is 0. The van der Waals surface area contributed by atoms with Gasteiger partial charge in [-0.3, -0.25) is 4.68 Å². The maximum absolute atomic E-state index is 4.30. The zero-order valence-electron chi connectivity index (χ0n) is 9.90. The van der Waals surface area contributed by atoms with Gasteiger partial charge in [0.25, 0.3) is 0 Å². The van der Waals surface area contributed by atoms with E-state index >= 15 is 0 Å². The summed E-state index contributed by atoms with van der Waals surface area (Å²) < 4.78 is 1.98. The van der Waals surface area contributed by atoms with Gasteiger partial charge in [-0.2, -0.15) is 5.10 Å². The fourth-order valence-corrected chi connectivity index (χ4v) is 1.38.